The lowest BCUT2D eigenvalue weighted by Gasteiger charge is -2.11. The summed E-state index contributed by atoms with van der Waals surface area (Å²) in [5, 5.41) is 8.99. The first-order valence-electron chi connectivity index (χ1n) is 6.86. The Balaban J connectivity index is 1.83. The maximum Gasteiger partial charge on any atom is 0.335 e. The Kier molecular flexibility index (Phi) is 5.80. The van der Waals surface area contributed by atoms with E-state index in [1.807, 2.05) is 30.3 Å². The van der Waals surface area contributed by atoms with E-state index in [1.165, 1.54) is 19.2 Å². The van der Waals surface area contributed by atoms with Crippen molar-refractivity contribution in [3.8, 4) is 11.5 Å². The first-order valence-corrected chi connectivity index (χ1v) is 6.86. The van der Waals surface area contributed by atoms with E-state index in [1.54, 1.807) is 6.07 Å². The number of ether oxygens (including phenoxy) is 3. The number of carboxylic acids is 1. The summed E-state index contributed by atoms with van der Waals surface area (Å²) in [6.07, 6.45) is 0. The molecular formula is C17H18O5. The minimum Gasteiger partial charge on any atom is -0.493 e. The van der Waals surface area contributed by atoms with Gasteiger partial charge in [0, 0.05) is 0 Å². The van der Waals surface area contributed by atoms with Gasteiger partial charge in [0.2, 0.25) is 0 Å². The van der Waals surface area contributed by atoms with E-state index in [2.05, 4.69) is 0 Å². The Morgan fingerprint density at radius 3 is 2.50 bits per heavy atom. The van der Waals surface area contributed by atoms with Crippen molar-refractivity contribution in [3.05, 3.63) is 59.7 Å². The smallest absolute Gasteiger partial charge is 0.335 e. The van der Waals surface area contributed by atoms with E-state index in [4.69, 9.17) is 19.3 Å². The SMILES string of the molecule is COc1ccc(C(=O)O)cc1OCCOCc1ccccc1. The predicted molar refractivity (Wildman–Crippen MR) is 81.5 cm³/mol. The summed E-state index contributed by atoms with van der Waals surface area (Å²) < 4.78 is 16.2. The Morgan fingerprint density at radius 1 is 1.05 bits per heavy atom. The number of carboxylic acid groups (broad SMARTS) is 1. The van der Waals surface area contributed by atoms with Gasteiger partial charge in [-0.1, -0.05) is 30.3 Å². The van der Waals surface area contributed by atoms with Crippen molar-refractivity contribution in [3.63, 3.8) is 0 Å². The van der Waals surface area contributed by atoms with Crippen molar-refractivity contribution in [2.24, 2.45) is 0 Å². The highest BCUT2D eigenvalue weighted by Crippen LogP contribution is 2.28. The van der Waals surface area contributed by atoms with Crippen molar-refractivity contribution in [2.45, 2.75) is 6.61 Å². The summed E-state index contributed by atoms with van der Waals surface area (Å²) in [5.74, 6) is -0.119. The molecule has 0 fully saturated rings. The van der Waals surface area contributed by atoms with E-state index >= 15 is 0 Å². The van der Waals surface area contributed by atoms with Crippen LogP contribution in [-0.2, 0) is 11.3 Å². The van der Waals surface area contributed by atoms with Crippen LogP contribution >= 0.6 is 0 Å². The van der Waals surface area contributed by atoms with Crippen LogP contribution < -0.4 is 9.47 Å². The molecule has 116 valence electrons. The summed E-state index contributed by atoms with van der Waals surface area (Å²) >= 11 is 0. The van der Waals surface area contributed by atoms with Crippen LogP contribution in [0, 0.1) is 0 Å². The standard InChI is InChI=1S/C17H18O5/c1-20-15-8-7-14(17(18)19)11-16(15)22-10-9-21-12-13-5-3-2-4-6-13/h2-8,11H,9-10,12H2,1H3,(H,18,19). The summed E-state index contributed by atoms with van der Waals surface area (Å²) in [6.45, 7) is 1.22. The second kappa shape index (κ2) is 8.05. The van der Waals surface area contributed by atoms with Crippen LogP contribution in [0.1, 0.15) is 15.9 Å². The number of carbonyl (C=O) groups is 1. The quantitative estimate of drug-likeness (QED) is 0.759. The molecule has 0 amide bonds. The van der Waals surface area contributed by atoms with Gasteiger partial charge in [-0.05, 0) is 23.8 Å². The number of aromatic carboxylic acids is 1. The lowest BCUT2D eigenvalue weighted by atomic mass is 10.2. The van der Waals surface area contributed by atoms with Gasteiger partial charge in [0.25, 0.3) is 0 Å². The molecule has 0 aromatic heterocycles. The van der Waals surface area contributed by atoms with E-state index < -0.39 is 5.97 Å². The minimum absolute atomic E-state index is 0.154. The van der Waals surface area contributed by atoms with Gasteiger partial charge in [-0.2, -0.15) is 0 Å². The molecular weight excluding hydrogens is 284 g/mol. The molecule has 5 heteroatoms. The third kappa shape index (κ3) is 4.49. The van der Waals surface area contributed by atoms with E-state index in [0.717, 1.165) is 5.56 Å². The molecule has 0 aliphatic carbocycles. The van der Waals surface area contributed by atoms with E-state index in [0.29, 0.717) is 31.3 Å². The zero-order chi connectivity index (χ0) is 15.8. The second-order valence-electron chi connectivity index (χ2n) is 4.56. The van der Waals surface area contributed by atoms with Crippen LogP contribution in [0.15, 0.2) is 48.5 Å². The number of hydrogen-bond acceptors (Lipinski definition) is 4. The van der Waals surface area contributed by atoms with Gasteiger partial charge < -0.3 is 19.3 Å². The lowest BCUT2D eigenvalue weighted by molar-refractivity contribution is 0.0695. The maximum absolute atomic E-state index is 11.0. The van der Waals surface area contributed by atoms with Crippen LogP contribution in [-0.4, -0.2) is 31.4 Å². The van der Waals surface area contributed by atoms with Crippen molar-refractivity contribution >= 4 is 5.97 Å². The highest BCUT2D eigenvalue weighted by molar-refractivity contribution is 5.88. The van der Waals surface area contributed by atoms with Gasteiger partial charge in [0.1, 0.15) is 6.61 Å². The van der Waals surface area contributed by atoms with E-state index in [9.17, 15) is 4.79 Å². The minimum atomic E-state index is -1.01. The third-order valence-corrected chi connectivity index (χ3v) is 3.01. The van der Waals surface area contributed by atoms with Crippen molar-refractivity contribution < 1.29 is 24.1 Å². The predicted octanol–water partition coefficient (Wildman–Crippen LogP) is 2.99. The summed E-state index contributed by atoms with van der Waals surface area (Å²) in [6, 6.07) is 14.3. The van der Waals surface area contributed by atoms with Gasteiger partial charge in [0.15, 0.2) is 11.5 Å². The fraction of sp³-hybridized carbons (Fsp3) is 0.235. The summed E-state index contributed by atoms with van der Waals surface area (Å²) in [4.78, 5) is 11.0. The molecule has 2 aromatic rings. The van der Waals surface area contributed by atoms with Gasteiger partial charge in [-0.3, -0.25) is 0 Å². The zero-order valence-electron chi connectivity index (χ0n) is 12.3. The molecule has 0 spiro atoms. The molecule has 1 N–H and O–H groups in total. The molecule has 0 saturated heterocycles. The Hall–Kier alpha value is -2.53. The van der Waals surface area contributed by atoms with Gasteiger partial charge >= 0.3 is 5.97 Å². The molecule has 5 nitrogen and oxygen atoms in total. The van der Waals surface area contributed by atoms with Crippen LogP contribution in [0.4, 0.5) is 0 Å². The third-order valence-electron chi connectivity index (χ3n) is 3.01. The summed E-state index contributed by atoms with van der Waals surface area (Å²) in [5.41, 5.74) is 1.24. The highest BCUT2D eigenvalue weighted by Gasteiger charge is 2.09. The van der Waals surface area contributed by atoms with Crippen molar-refractivity contribution in [2.75, 3.05) is 20.3 Å². The van der Waals surface area contributed by atoms with Crippen molar-refractivity contribution in [1.82, 2.24) is 0 Å². The first kappa shape index (κ1) is 15.9. The van der Waals surface area contributed by atoms with Crippen LogP contribution in [0.5, 0.6) is 11.5 Å². The average molecular weight is 302 g/mol. The lowest BCUT2D eigenvalue weighted by Crippen LogP contribution is -2.08. The molecule has 0 saturated carbocycles. The van der Waals surface area contributed by atoms with Gasteiger partial charge in [-0.25, -0.2) is 4.79 Å². The number of benzene rings is 2. The topological polar surface area (TPSA) is 65.0 Å². The van der Waals surface area contributed by atoms with E-state index in [-0.39, 0.29) is 5.56 Å². The molecule has 22 heavy (non-hydrogen) atoms. The van der Waals surface area contributed by atoms with Gasteiger partial charge in [0.05, 0.1) is 25.9 Å². The molecule has 0 aliphatic heterocycles. The molecule has 0 radical (unpaired) electrons. The highest BCUT2D eigenvalue weighted by atomic mass is 16.5. The fourth-order valence-electron chi connectivity index (χ4n) is 1.90. The molecule has 2 aromatic carbocycles. The second-order valence-corrected chi connectivity index (χ2v) is 4.56. The normalized spacial score (nSPS) is 10.2. The van der Waals surface area contributed by atoms with Crippen LogP contribution in [0.3, 0.4) is 0 Å². The maximum atomic E-state index is 11.0. The molecule has 0 atom stereocenters. The number of hydrogen-bond donors (Lipinski definition) is 1. The number of rotatable bonds is 8. The molecule has 0 heterocycles. The fourth-order valence-corrected chi connectivity index (χ4v) is 1.90. The zero-order valence-corrected chi connectivity index (χ0v) is 12.3. The Labute approximate surface area is 129 Å². The molecule has 0 aliphatic rings. The van der Waals surface area contributed by atoms with Gasteiger partial charge in [-0.15, -0.1) is 0 Å². The monoisotopic (exact) mass is 302 g/mol. The van der Waals surface area contributed by atoms with Crippen LogP contribution in [0.2, 0.25) is 0 Å². The first-order chi connectivity index (χ1) is 10.7. The largest absolute Gasteiger partial charge is 0.493 e. The average Bonchev–Trinajstić information content (AvgIpc) is 2.55. The molecule has 0 unspecified atom stereocenters. The van der Waals surface area contributed by atoms with Crippen LogP contribution in [0.25, 0.3) is 0 Å². The molecule has 2 rings (SSSR count). The Bertz CT molecular complexity index is 610. The Morgan fingerprint density at radius 2 is 1.82 bits per heavy atom. The summed E-state index contributed by atoms with van der Waals surface area (Å²) in [7, 11) is 1.51. The van der Waals surface area contributed by atoms with Crippen molar-refractivity contribution in [1.29, 1.82) is 0 Å². The number of methoxy groups -OCH3 is 1. The molecule has 0 bridgehead atoms.